The first kappa shape index (κ1) is 17.4. The number of benzene rings is 1. The number of aryl methyl sites for hydroxylation is 1. The fourth-order valence-electron chi connectivity index (χ4n) is 3.14. The van der Waals surface area contributed by atoms with Crippen LogP contribution in [0, 0.1) is 6.92 Å². The number of likely N-dealkylation sites (tertiary alicyclic amines) is 1. The predicted octanol–water partition coefficient (Wildman–Crippen LogP) is 2.61. The summed E-state index contributed by atoms with van der Waals surface area (Å²) >= 11 is 0. The zero-order valence-electron chi connectivity index (χ0n) is 14.9. The fourth-order valence-corrected chi connectivity index (χ4v) is 3.14. The van der Waals surface area contributed by atoms with Crippen molar-refractivity contribution in [3.8, 4) is 11.5 Å². The molecule has 0 aliphatic carbocycles. The van der Waals surface area contributed by atoms with Crippen LogP contribution in [-0.2, 0) is 6.54 Å². The molecule has 1 atom stereocenters. The average molecular weight is 344 g/mol. The fraction of sp³-hybridized carbons (Fsp3) is 0.421. The Balaban J connectivity index is 1.57. The molecule has 6 heteroatoms. The van der Waals surface area contributed by atoms with Crippen LogP contribution in [0.15, 0.2) is 34.9 Å². The molecule has 3 rings (SSSR count). The topological polar surface area (TPSA) is 63.9 Å². The lowest BCUT2D eigenvalue weighted by Gasteiger charge is -2.17. The quantitative estimate of drug-likeness (QED) is 0.873. The van der Waals surface area contributed by atoms with Crippen molar-refractivity contribution in [1.82, 2.24) is 10.2 Å². The molecule has 25 heavy (non-hydrogen) atoms. The van der Waals surface area contributed by atoms with E-state index in [1.54, 1.807) is 20.3 Å². The first-order chi connectivity index (χ1) is 12.1. The van der Waals surface area contributed by atoms with Crippen molar-refractivity contribution in [3.05, 3.63) is 47.4 Å². The summed E-state index contributed by atoms with van der Waals surface area (Å²) in [5.74, 6) is 2.24. The molecule has 2 heterocycles. The van der Waals surface area contributed by atoms with Gasteiger partial charge in [0, 0.05) is 31.7 Å². The second kappa shape index (κ2) is 7.61. The van der Waals surface area contributed by atoms with Gasteiger partial charge in [-0.1, -0.05) is 0 Å². The Labute approximate surface area is 147 Å². The van der Waals surface area contributed by atoms with Gasteiger partial charge in [-0.2, -0.15) is 0 Å². The molecule has 2 aromatic rings. The monoisotopic (exact) mass is 344 g/mol. The SMILES string of the molecule is COc1cc(CN2CCC(NC(=O)c3coc(C)c3)C2)cc(OC)c1. The molecule has 1 aliphatic rings. The van der Waals surface area contributed by atoms with Crippen LogP contribution in [0.25, 0.3) is 0 Å². The number of methoxy groups -OCH3 is 2. The van der Waals surface area contributed by atoms with Gasteiger partial charge in [0.05, 0.1) is 19.8 Å². The van der Waals surface area contributed by atoms with Crippen molar-refractivity contribution >= 4 is 5.91 Å². The number of nitrogens with zero attached hydrogens (tertiary/aromatic N) is 1. The summed E-state index contributed by atoms with van der Waals surface area (Å²) in [6, 6.07) is 7.80. The van der Waals surface area contributed by atoms with Gasteiger partial charge in [-0.05, 0) is 37.1 Å². The van der Waals surface area contributed by atoms with Crippen molar-refractivity contribution < 1.29 is 18.7 Å². The summed E-state index contributed by atoms with van der Waals surface area (Å²) in [5.41, 5.74) is 1.71. The van der Waals surface area contributed by atoms with Crippen molar-refractivity contribution in [3.63, 3.8) is 0 Å². The van der Waals surface area contributed by atoms with Crippen LogP contribution in [0.3, 0.4) is 0 Å². The van der Waals surface area contributed by atoms with Crippen LogP contribution in [-0.4, -0.2) is 44.2 Å². The van der Waals surface area contributed by atoms with Crippen LogP contribution in [0.2, 0.25) is 0 Å². The average Bonchev–Trinajstić information content (AvgIpc) is 3.23. The van der Waals surface area contributed by atoms with E-state index in [4.69, 9.17) is 13.9 Å². The number of carbonyl (C=O) groups excluding carboxylic acids is 1. The van der Waals surface area contributed by atoms with Gasteiger partial charge < -0.3 is 19.2 Å². The Morgan fingerprint density at radius 2 is 1.96 bits per heavy atom. The lowest BCUT2D eigenvalue weighted by atomic mass is 10.2. The summed E-state index contributed by atoms with van der Waals surface area (Å²) in [7, 11) is 3.30. The van der Waals surface area contributed by atoms with Gasteiger partial charge in [-0.25, -0.2) is 0 Å². The number of nitrogens with one attached hydrogen (secondary N) is 1. The predicted molar refractivity (Wildman–Crippen MR) is 94.1 cm³/mol. The van der Waals surface area contributed by atoms with Gasteiger partial charge in [0.15, 0.2) is 0 Å². The molecule has 1 aromatic heterocycles. The van der Waals surface area contributed by atoms with E-state index in [1.165, 1.54) is 6.26 Å². The van der Waals surface area contributed by atoms with E-state index in [1.807, 2.05) is 25.1 Å². The minimum Gasteiger partial charge on any atom is -0.497 e. The maximum atomic E-state index is 12.2. The van der Waals surface area contributed by atoms with Gasteiger partial charge in [0.25, 0.3) is 5.91 Å². The number of carbonyl (C=O) groups is 1. The van der Waals surface area contributed by atoms with Crippen molar-refractivity contribution in [1.29, 1.82) is 0 Å². The molecule has 1 unspecified atom stereocenters. The molecule has 1 saturated heterocycles. The highest BCUT2D eigenvalue weighted by molar-refractivity contribution is 5.94. The van der Waals surface area contributed by atoms with Crippen molar-refractivity contribution in [2.45, 2.75) is 25.9 Å². The molecule has 1 aromatic carbocycles. The third kappa shape index (κ3) is 4.33. The molecular formula is C19H24N2O4. The van der Waals surface area contributed by atoms with Gasteiger partial charge in [0.2, 0.25) is 0 Å². The van der Waals surface area contributed by atoms with Crippen LogP contribution >= 0.6 is 0 Å². The molecule has 0 radical (unpaired) electrons. The molecule has 1 amide bonds. The van der Waals surface area contributed by atoms with Crippen LogP contribution in [0.4, 0.5) is 0 Å². The lowest BCUT2D eigenvalue weighted by molar-refractivity contribution is 0.0937. The Morgan fingerprint density at radius 3 is 2.56 bits per heavy atom. The Hall–Kier alpha value is -2.47. The summed E-state index contributed by atoms with van der Waals surface area (Å²) in [6.07, 6.45) is 2.43. The number of amides is 1. The Bertz CT molecular complexity index is 719. The number of furan rings is 1. The third-order valence-electron chi connectivity index (χ3n) is 4.42. The minimum atomic E-state index is -0.0771. The number of rotatable bonds is 6. The summed E-state index contributed by atoms with van der Waals surface area (Å²) in [5, 5.41) is 3.08. The summed E-state index contributed by atoms with van der Waals surface area (Å²) in [6.45, 7) is 4.39. The third-order valence-corrected chi connectivity index (χ3v) is 4.42. The smallest absolute Gasteiger partial charge is 0.254 e. The van der Waals surface area contributed by atoms with E-state index >= 15 is 0 Å². The molecule has 1 N–H and O–H groups in total. The lowest BCUT2D eigenvalue weighted by Crippen LogP contribution is -2.36. The molecule has 134 valence electrons. The zero-order valence-corrected chi connectivity index (χ0v) is 14.9. The largest absolute Gasteiger partial charge is 0.497 e. The highest BCUT2D eigenvalue weighted by Crippen LogP contribution is 2.24. The van der Waals surface area contributed by atoms with E-state index in [9.17, 15) is 4.79 Å². The second-order valence-electron chi connectivity index (χ2n) is 6.36. The first-order valence-electron chi connectivity index (χ1n) is 8.37. The summed E-state index contributed by atoms with van der Waals surface area (Å²) in [4.78, 5) is 14.5. The highest BCUT2D eigenvalue weighted by Gasteiger charge is 2.25. The number of hydrogen-bond acceptors (Lipinski definition) is 5. The van der Waals surface area contributed by atoms with Gasteiger partial charge in [0.1, 0.15) is 23.5 Å². The van der Waals surface area contributed by atoms with Gasteiger partial charge >= 0.3 is 0 Å². The molecule has 0 saturated carbocycles. The maximum absolute atomic E-state index is 12.2. The number of ether oxygens (including phenoxy) is 2. The zero-order chi connectivity index (χ0) is 17.8. The molecule has 0 bridgehead atoms. The van der Waals surface area contributed by atoms with E-state index in [0.29, 0.717) is 5.56 Å². The van der Waals surface area contributed by atoms with E-state index in [-0.39, 0.29) is 11.9 Å². The molecule has 6 nitrogen and oxygen atoms in total. The highest BCUT2D eigenvalue weighted by atomic mass is 16.5. The molecule has 1 aliphatic heterocycles. The van der Waals surface area contributed by atoms with Crippen LogP contribution in [0.5, 0.6) is 11.5 Å². The van der Waals surface area contributed by atoms with Crippen molar-refractivity contribution in [2.24, 2.45) is 0 Å². The standard InChI is InChI=1S/C19H24N2O4/c1-13-6-15(12-25-13)19(22)20-16-4-5-21(11-16)10-14-7-17(23-2)9-18(8-14)24-3/h6-9,12,16H,4-5,10-11H2,1-3H3,(H,20,22). The molecular weight excluding hydrogens is 320 g/mol. The second-order valence-corrected chi connectivity index (χ2v) is 6.36. The van der Waals surface area contributed by atoms with Crippen LogP contribution in [0.1, 0.15) is 28.1 Å². The first-order valence-corrected chi connectivity index (χ1v) is 8.37. The minimum absolute atomic E-state index is 0.0771. The van der Waals surface area contributed by atoms with E-state index < -0.39 is 0 Å². The van der Waals surface area contributed by atoms with E-state index in [0.717, 1.165) is 48.9 Å². The summed E-state index contributed by atoms with van der Waals surface area (Å²) < 4.78 is 15.8. The molecule has 1 fully saturated rings. The Morgan fingerprint density at radius 1 is 1.24 bits per heavy atom. The maximum Gasteiger partial charge on any atom is 0.254 e. The van der Waals surface area contributed by atoms with Gasteiger partial charge in [-0.3, -0.25) is 9.69 Å². The van der Waals surface area contributed by atoms with Crippen molar-refractivity contribution in [2.75, 3.05) is 27.3 Å². The van der Waals surface area contributed by atoms with Crippen LogP contribution < -0.4 is 14.8 Å². The Kier molecular flexibility index (Phi) is 5.28. The normalized spacial score (nSPS) is 17.5. The van der Waals surface area contributed by atoms with Gasteiger partial charge in [-0.15, -0.1) is 0 Å². The number of hydrogen-bond donors (Lipinski definition) is 1. The molecule has 0 spiro atoms. The van der Waals surface area contributed by atoms with E-state index in [2.05, 4.69) is 10.2 Å².